The molecule has 0 spiro atoms. The van der Waals surface area contributed by atoms with Gasteiger partial charge in [-0.25, -0.2) is 9.97 Å². The quantitative estimate of drug-likeness (QED) is 0.171. The SMILES string of the molecule is COc1ccc(C2C(=C(O)c3c(C)nc4ccccn34)C(=O)C(=O)N2c2nc3ccc(Cl)cc3s2)cc1OC. The summed E-state index contributed by atoms with van der Waals surface area (Å²) < 4.78 is 13.3. The minimum absolute atomic E-state index is 0.0849. The lowest BCUT2D eigenvalue weighted by Gasteiger charge is -2.23. The van der Waals surface area contributed by atoms with Crippen LogP contribution in [-0.2, 0) is 9.59 Å². The van der Waals surface area contributed by atoms with E-state index in [-0.39, 0.29) is 11.3 Å². The van der Waals surface area contributed by atoms with Crippen LogP contribution in [-0.4, -0.2) is 45.4 Å². The Morgan fingerprint density at radius 2 is 1.82 bits per heavy atom. The summed E-state index contributed by atoms with van der Waals surface area (Å²) in [6.45, 7) is 1.74. The van der Waals surface area contributed by atoms with Crippen molar-refractivity contribution >= 4 is 61.4 Å². The molecule has 1 unspecified atom stereocenters. The molecule has 1 N–H and O–H groups in total. The van der Waals surface area contributed by atoms with Gasteiger partial charge in [-0.15, -0.1) is 0 Å². The highest BCUT2D eigenvalue weighted by Gasteiger charge is 2.49. The maximum atomic E-state index is 13.7. The van der Waals surface area contributed by atoms with E-state index in [1.54, 1.807) is 66.1 Å². The van der Waals surface area contributed by atoms with Gasteiger partial charge in [-0.2, -0.15) is 0 Å². The molecule has 39 heavy (non-hydrogen) atoms. The van der Waals surface area contributed by atoms with Crippen LogP contribution >= 0.6 is 22.9 Å². The third-order valence-electron chi connectivity index (χ3n) is 6.64. The average molecular weight is 561 g/mol. The molecule has 2 aromatic carbocycles. The fourth-order valence-electron chi connectivity index (χ4n) is 4.88. The fourth-order valence-corrected chi connectivity index (χ4v) is 6.15. The molecule has 0 radical (unpaired) electrons. The lowest BCUT2D eigenvalue weighted by molar-refractivity contribution is -0.132. The predicted molar refractivity (Wildman–Crippen MR) is 149 cm³/mol. The van der Waals surface area contributed by atoms with Crippen LogP contribution in [0.2, 0.25) is 5.02 Å². The Balaban J connectivity index is 1.62. The number of amides is 1. The minimum atomic E-state index is -1.01. The second kappa shape index (κ2) is 9.40. The first kappa shape index (κ1) is 24.9. The van der Waals surface area contributed by atoms with Gasteiger partial charge in [0.05, 0.1) is 41.7 Å². The molecule has 1 atom stereocenters. The summed E-state index contributed by atoms with van der Waals surface area (Å²) in [7, 11) is 3.01. The average Bonchev–Trinajstić information content (AvgIpc) is 3.58. The molecule has 1 aliphatic rings. The van der Waals surface area contributed by atoms with Gasteiger partial charge in [-0.1, -0.05) is 35.1 Å². The van der Waals surface area contributed by atoms with Gasteiger partial charge in [-0.3, -0.25) is 18.9 Å². The van der Waals surface area contributed by atoms with E-state index in [0.29, 0.717) is 49.8 Å². The smallest absolute Gasteiger partial charge is 0.301 e. The number of imidazole rings is 1. The van der Waals surface area contributed by atoms with Crippen molar-refractivity contribution in [1.29, 1.82) is 0 Å². The Hall–Kier alpha value is -4.41. The van der Waals surface area contributed by atoms with Crippen LogP contribution in [0.3, 0.4) is 0 Å². The highest BCUT2D eigenvalue weighted by Crippen LogP contribution is 2.46. The number of aliphatic hydroxyl groups excluding tert-OH is 1. The van der Waals surface area contributed by atoms with Gasteiger partial charge in [0.25, 0.3) is 5.78 Å². The number of halogens is 1. The number of benzene rings is 2. The molecule has 9 nitrogen and oxygen atoms in total. The Morgan fingerprint density at radius 1 is 1.03 bits per heavy atom. The van der Waals surface area contributed by atoms with Gasteiger partial charge in [0, 0.05) is 11.2 Å². The van der Waals surface area contributed by atoms with E-state index in [1.807, 2.05) is 6.07 Å². The summed E-state index contributed by atoms with van der Waals surface area (Å²) in [6, 6.07) is 14.7. The van der Waals surface area contributed by atoms with Crippen LogP contribution in [0.4, 0.5) is 5.13 Å². The van der Waals surface area contributed by atoms with E-state index in [2.05, 4.69) is 9.97 Å². The summed E-state index contributed by atoms with van der Waals surface area (Å²) in [6.07, 6.45) is 1.74. The third kappa shape index (κ3) is 3.91. The van der Waals surface area contributed by atoms with Gasteiger partial charge in [0.2, 0.25) is 0 Å². The predicted octanol–water partition coefficient (Wildman–Crippen LogP) is 5.55. The number of pyridine rings is 1. The lowest BCUT2D eigenvalue weighted by atomic mass is 9.96. The van der Waals surface area contributed by atoms with Gasteiger partial charge in [0.15, 0.2) is 22.4 Å². The molecular weight excluding hydrogens is 540 g/mol. The van der Waals surface area contributed by atoms with Crippen molar-refractivity contribution in [3.63, 3.8) is 0 Å². The largest absolute Gasteiger partial charge is 0.505 e. The number of aliphatic hydroxyl groups is 1. The molecule has 0 saturated carbocycles. The van der Waals surface area contributed by atoms with Crippen molar-refractivity contribution in [2.75, 3.05) is 19.1 Å². The number of thiazole rings is 1. The molecule has 3 aromatic heterocycles. The number of ether oxygens (including phenoxy) is 2. The number of rotatable bonds is 5. The number of aromatic nitrogens is 3. The van der Waals surface area contributed by atoms with Crippen molar-refractivity contribution in [2.24, 2.45) is 0 Å². The zero-order valence-corrected chi connectivity index (χ0v) is 22.6. The molecule has 1 amide bonds. The Morgan fingerprint density at radius 3 is 2.59 bits per heavy atom. The van der Waals surface area contributed by atoms with Crippen molar-refractivity contribution in [2.45, 2.75) is 13.0 Å². The molecule has 11 heteroatoms. The lowest BCUT2D eigenvalue weighted by Crippen LogP contribution is -2.29. The molecular formula is C28H21ClN4O5S. The molecule has 5 aromatic rings. The topological polar surface area (TPSA) is 106 Å². The second-order valence-corrected chi connectivity index (χ2v) is 10.3. The van der Waals surface area contributed by atoms with Crippen molar-refractivity contribution in [1.82, 2.24) is 14.4 Å². The monoisotopic (exact) mass is 560 g/mol. The van der Waals surface area contributed by atoms with Crippen molar-refractivity contribution in [3.8, 4) is 11.5 Å². The second-order valence-electron chi connectivity index (χ2n) is 8.87. The number of Topliss-reactive ketones (excluding diaryl/α,β-unsaturated/α-hetero) is 1. The number of carbonyl (C=O) groups is 2. The molecule has 0 aliphatic carbocycles. The number of ketones is 1. The number of nitrogens with zero attached hydrogens (tertiary/aromatic N) is 4. The van der Waals surface area contributed by atoms with Gasteiger partial charge in [0.1, 0.15) is 11.3 Å². The number of hydrogen-bond acceptors (Lipinski definition) is 8. The minimum Gasteiger partial charge on any atom is -0.505 e. The molecule has 1 fully saturated rings. The fraction of sp³-hybridized carbons (Fsp3) is 0.143. The standard InChI is InChI=1S/C28H21ClN4O5S/c1-14-23(32-11-5-4-6-21(32)30-14)25(34)22-24(15-7-10-18(37-2)19(12-15)38-3)33(27(36)26(22)35)28-31-17-9-8-16(29)13-20(17)39-28/h4-13,24,34H,1-3H3. The van der Waals surface area contributed by atoms with Crippen LogP contribution in [0.25, 0.3) is 21.6 Å². The van der Waals surface area contributed by atoms with E-state index in [4.69, 9.17) is 21.1 Å². The summed E-state index contributed by atoms with van der Waals surface area (Å²) in [5, 5.41) is 12.5. The number of hydrogen-bond donors (Lipinski definition) is 1. The maximum absolute atomic E-state index is 13.7. The van der Waals surface area contributed by atoms with Gasteiger partial charge >= 0.3 is 5.91 Å². The number of carbonyl (C=O) groups excluding carboxylic acids is 2. The molecule has 6 rings (SSSR count). The summed E-state index contributed by atoms with van der Waals surface area (Å²) in [4.78, 5) is 37.8. The van der Waals surface area contributed by atoms with Crippen molar-refractivity contribution < 1.29 is 24.2 Å². The van der Waals surface area contributed by atoms with Crippen LogP contribution < -0.4 is 14.4 Å². The Labute approximate surface area is 231 Å². The maximum Gasteiger partial charge on any atom is 0.301 e. The van der Waals surface area contributed by atoms with E-state index < -0.39 is 17.7 Å². The zero-order valence-electron chi connectivity index (χ0n) is 21.0. The van der Waals surface area contributed by atoms with E-state index >= 15 is 0 Å². The zero-order chi connectivity index (χ0) is 27.4. The summed E-state index contributed by atoms with van der Waals surface area (Å²) in [5.74, 6) is -1.10. The molecule has 4 heterocycles. The third-order valence-corrected chi connectivity index (χ3v) is 7.89. The molecule has 1 saturated heterocycles. The Kier molecular flexibility index (Phi) is 6.00. The van der Waals surface area contributed by atoms with E-state index in [0.717, 1.165) is 4.70 Å². The number of methoxy groups -OCH3 is 2. The van der Waals surface area contributed by atoms with Crippen LogP contribution in [0.15, 0.2) is 66.4 Å². The van der Waals surface area contributed by atoms with Crippen LogP contribution in [0.5, 0.6) is 11.5 Å². The summed E-state index contributed by atoms with van der Waals surface area (Å²) >= 11 is 7.41. The van der Waals surface area contributed by atoms with Crippen LogP contribution in [0, 0.1) is 6.92 Å². The first-order valence-corrected chi connectivity index (χ1v) is 13.0. The highest BCUT2D eigenvalue weighted by atomic mass is 35.5. The molecule has 196 valence electrons. The normalized spacial score (nSPS) is 16.9. The Bertz CT molecular complexity index is 1840. The number of aryl methyl sites for hydroxylation is 1. The van der Waals surface area contributed by atoms with Gasteiger partial charge in [-0.05, 0) is 55.0 Å². The molecule has 1 aliphatic heterocycles. The van der Waals surface area contributed by atoms with E-state index in [1.165, 1.54) is 30.5 Å². The number of fused-ring (bicyclic) bond motifs is 2. The first-order valence-electron chi connectivity index (χ1n) is 11.9. The summed E-state index contributed by atoms with van der Waals surface area (Å²) in [5.41, 5.74) is 2.49. The molecule has 0 bridgehead atoms. The van der Waals surface area contributed by atoms with Crippen LogP contribution in [0.1, 0.15) is 23.0 Å². The van der Waals surface area contributed by atoms with E-state index in [9.17, 15) is 14.7 Å². The number of anilines is 1. The van der Waals surface area contributed by atoms with Crippen molar-refractivity contribution in [3.05, 3.63) is 88.3 Å². The van der Waals surface area contributed by atoms with Gasteiger partial charge < -0.3 is 14.6 Å². The first-order chi connectivity index (χ1) is 18.8. The highest BCUT2D eigenvalue weighted by molar-refractivity contribution is 7.22.